The summed E-state index contributed by atoms with van der Waals surface area (Å²) in [6, 6.07) is 0.541. The molecule has 3 heteroatoms. The zero-order valence-electron chi connectivity index (χ0n) is 12.9. The van der Waals surface area contributed by atoms with Gasteiger partial charge in [0, 0.05) is 24.7 Å². The van der Waals surface area contributed by atoms with Crippen molar-refractivity contribution in [3.8, 4) is 0 Å². The van der Waals surface area contributed by atoms with Crippen molar-refractivity contribution in [2.24, 2.45) is 11.8 Å². The number of nitrogens with zero attached hydrogens (tertiary/aromatic N) is 1. The number of aliphatic hydroxyl groups is 1. The monoisotopic (exact) mass is 256 g/mol. The molecule has 0 aromatic heterocycles. The van der Waals surface area contributed by atoms with Gasteiger partial charge in [-0.05, 0) is 45.1 Å². The zero-order chi connectivity index (χ0) is 13.8. The van der Waals surface area contributed by atoms with Crippen molar-refractivity contribution in [2.75, 3.05) is 26.2 Å². The van der Waals surface area contributed by atoms with Crippen molar-refractivity contribution in [3.05, 3.63) is 0 Å². The zero-order valence-corrected chi connectivity index (χ0v) is 12.9. The lowest BCUT2D eigenvalue weighted by molar-refractivity contribution is 0.124. The Labute approximate surface area is 113 Å². The Morgan fingerprint density at radius 1 is 1.33 bits per heavy atom. The van der Waals surface area contributed by atoms with E-state index < -0.39 is 0 Å². The van der Waals surface area contributed by atoms with Crippen LogP contribution in [-0.2, 0) is 0 Å². The first-order valence-corrected chi connectivity index (χ1v) is 7.51. The summed E-state index contributed by atoms with van der Waals surface area (Å²) in [7, 11) is 0. The molecule has 1 heterocycles. The molecule has 18 heavy (non-hydrogen) atoms. The third-order valence-corrected chi connectivity index (χ3v) is 4.54. The number of nitrogens with one attached hydrogen (secondary N) is 1. The Morgan fingerprint density at radius 3 is 2.33 bits per heavy atom. The minimum atomic E-state index is -0.134. The fourth-order valence-electron chi connectivity index (χ4n) is 2.93. The highest BCUT2D eigenvalue weighted by Crippen LogP contribution is 2.26. The largest absolute Gasteiger partial charge is 0.394 e. The highest BCUT2D eigenvalue weighted by Gasteiger charge is 2.33. The standard InChI is InChI=1S/C15H32N2O/c1-6-7-16-15(5,11-18)8-14(4)17-9-12(2)13(3)10-17/h12-14,16,18H,6-11H2,1-5H3. The highest BCUT2D eigenvalue weighted by atomic mass is 16.3. The molecule has 1 aliphatic heterocycles. The highest BCUT2D eigenvalue weighted by molar-refractivity contribution is 4.90. The summed E-state index contributed by atoms with van der Waals surface area (Å²) < 4.78 is 0. The molecule has 3 nitrogen and oxygen atoms in total. The van der Waals surface area contributed by atoms with E-state index in [0.717, 1.165) is 31.2 Å². The smallest absolute Gasteiger partial charge is 0.0611 e. The molecule has 0 spiro atoms. The van der Waals surface area contributed by atoms with Gasteiger partial charge in [-0.3, -0.25) is 0 Å². The van der Waals surface area contributed by atoms with Gasteiger partial charge in [-0.25, -0.2) is 0 Å². The van der Waals surface area contributed by atoms with E-state index in [1.165, 1.54) is 13.1 Å². The second-order valence-corrected chi connectivity index (χ2v) is 6.61. The summed E-state index contributed by atoms with van der Waals surface area (Å²) in [5, 5.41) is 13.1. The fraction of sp³-hybridized carbons (Fsp3) is 1.00. The quantitative estimate of drug-likeness (QED) is 0.732. The molecule has 108 valence electrons. The number of rotatable bonds is 7. The van der Waals surface area contributed by atoms with E-state index in [1.807, 2.05) is 0 Å². The fourth-order valence-corrected chi connectivity index (χ4v) is 2.93. The van der Waals surface area contributed by atoms with Crippen molar-refractivity contribution < 1.29 is 5.11 Å². The molecular weight excluding hydrogens is 224 g/mol. The Morgan fingerprint density at radius 2 is 1.89 bits per heavy atom. The third-order valence-electron chi connectivity index (χ3n) is 4.54. The molecule has 4 unspecified atom stereocenters. The van der Waals surface area contributed by atoms with Gasteiger partial charge in [-0.1, -0.05) is 20.8 Å². The summed E-state index contributed by atoms with van der Waals surface area (Å²) in [4.78, 5) is 2.58. The van der Waals surface area contributed by atoms with Crippen molar-refractivity contribution in [1.29, 1.82) is 0 Å². The van der Waals surface area contributed by atoms with Gasteiger partial charge in [-0.15, -0.1) is 0 Å². The predicted octanol–water partition coefficient (Wildman–Crippen LogP) is 2.10. The lowest BCUT2D eigenvalue weighted by Crippen LogP contribution is -2.50. The molecule has 4 atom stereocenters. The van der Waals surface area contributed by atoms with Crippen LogP contribution in [0.1, 0.15) is 47.5 Å². The molecule has 0 aliphatic carbocycles. The van der Waals surface area contributed by atoms with Gasteiger partial charge in [0.25, 0.3) is 0 Å². The van der Waals surface area contributed by atoms with Crippen LogP contribution in [0, 0.1) is 11.8 Å². The van der Waals surface area contributed by atoms with Crippen LogP contribution in [0.25, 0.3) is 0 Å². The lowest BCUT2D eigenvalue weighted by atomic mass is 9.93. The molecular formula is C15H32N2O. The van der Waals surface area contributed by atoms with Gasteiger partial charge in [0.1, 0.15) is 0 Å². The van der Waals surface area contributed by atoms with Crippen LogP contribution < -0.4 is 5.32 Å². The Bertz CT molecular complexity index is 237. The molecule has 1 aliphatic rings. The Hall–Kier alpha value is -0.120. The Kier molecular flexibility index (Phi) is 6.09. The summed E-state index contributed by atoms with van der Waals surface area (Å²) >= 11 is 0. The summed E-state index contributed by atoms with van der Waals surface area (Å²) in [6.45, 7) is 14.9. The third kappa shape index (κ3) is 4.22. The average molecular weight is 256 g/mol. The van der Waals surface area contributed by atoms with E-state index in [0.29, 0.717) is 6.04 Å². The average Bonchev–Trinajstić information content (AvgIpc) is 2.67. The van der Waals surface area contributed by atoms with Crippen LogP contribution in [0.15, 0.2) is 0 Å². The van der Waals surface area contributed by atoms with Gasteiger partial charge in [0.05, 0.1) is 6.61 Å². The molecule has 0 saturated carbocycles. The number of aliphatic hydroxyl groups excluding tert-OH is 1. The van der Waals surface area contributed by atoms with Gasteiger partial charge in [0.2, 0.25) is 0 Å². The maximum atomic E-state index is 9.63. The SMILES string of the molecule is CCCNC(C)(CO)CC(C)N1CC(C)C(C)C1. The van der Waals surface area contributed by atoms with Gasteiger partial charge in [-0.2, -0.15) is 0 Å². The van der Waals surface area contributed by atoms with Crippen LogP contribution in [0.4, 0.5) is 0 Å². The number of hydrogen-bond acceptors (Lipinski definition) is 3. The van der Waals surface area contributed by atoms with Crippen LogP contribution in [0.2, 0.25) is 0 Å². The lowest BCUT2D eigenvalue weighted by Gasteiger charge is -2.35. The summed E-state index contributed by atoms with van der Waals surface area (Å²) in [5.74, 6) is 1.60. The van der Waals surface area contributed by atoms with Crippen molar-refractivity contribution in [1.82, 2.24) is 10.2 Å². The second-order valence-electron chi connectivity index (χ2n) is 6.61. The maximum Gasteiger partial charge on any atom is 0.0611 e. The molecule has 0 aromatic rings. The molecule has 0 bridgehead atoms. The molecule has 0 amide bonds. The summed E-state index contributed by atoms with van der Waals surface area (Å²) in [5.41, 5.74) is -0.134. The van der Waals surface area contributed by atoms with Gasteiger partial charge < -0.3 is 15.3 Å². The second kappa shape index (κ2) is 6.88. The Balaban J connectivity index is 2.49. The van der Waals surface area contributed by atoms with Crippen molar-refractivity contribution in [3.63, 3.8) is 0 Å². The molecule has 1 rings (SSSR count). The van der Waals surface area contributed by atoms with E-state index in [1.54, 1.807) is 0 Å². The van der Waals surface area contributed by atoms with E-state index in [4.69, 9.17) is 0 Å². The van der Waals surface area contributed by atoms with Crippen LogP contribution in [0.5, 0.6) is 0 Å². The molecule has 1 fully saturated rings. The van der Waals surface area contributed by atoms with E-state index in [9.17, 15) is 5.11 Å². The first-order valence-electron chi connectivity index (χ1n) is 7.51. The van der Waals surface area contributed by atoms with Gasteiger partial charge >= 0.3 is 0 Å². The minimum absolute atomic E-state index is 0.134. The number of hydrogen-bond donors (Lipinski definition) is 2. The van der Waals surface area contributed by atoms with Crippen LogP contribution in [0.3, 0.4) is 0 Å². The van der Waals surface area contributed by atoms with Crippen LogP contribution in [-0.4, -0.2) is 47.8 Å². The normalized spacial score (nSPS) is 30.3. The number of likely N-dealkylation sites (tertiary alicyclic amines) is 1. The van der Waals surface area contributed by atoms with E-state index >= 15 is 0 Å². The molecule has 0 radical (unpaired) electrons. The summed E-state index contributed by atoms with van der Waals surface area (Å²) in [6.07, 6.45) is 2.13. The first kappa shape index (κ1) is 15.9. The van der Waals surface area contributed by atoms with E-state index in [2.05, 4.69) is 44.8 Å². The molecule has 0 aromatic carbocycles. The van der Waals surface area contributed by atoms with Gasteiger partial charge in [0.15, 0.2) is 0 Å². The minimum Gasteiger partial charge on any atom is -0.394 e. The van der Waals surface area contributed by atoms with Crippen molar-refractivity contribution in [2.45, 2.75) is 59.0 Å². The van der Waals surface area contributed by atoms with E-state index in [-0.39, 0.29) is 12.1 Å². The maximum absolute atomic E-state index is 9.63. The van der Waals surface area contributed by atoms with Crippen molar-refractivity contribution >= 4 is 0 Å². The first-order chi connectivity index (χ1) is 8.41. The van der Waals surface area contributed by atoms with Crippen LogP contribution >= 0.6 is 0 Å². The molecule has 2 N–H and O–H groups in total. The predicted molar refractivity (Wildman–Crippen MR) is 77.8 cm³/mol. The molecule has 1 saturated heterocycles. The topological polar surface area (TPSA) is 35.5 Å².